The summed E-state index contributed by atoms with van der Waals surface area (Å²) < 4.78 is 0. The summed E-state index contributed by atoms with van der Waals surface area (Å²) in [6.45, 7) is 2.88. The monoisotopic (exact) mass is 351 g/mol. The highest BCUT2D eigenvalue weighted by Gasteiger charge is 2.16. The Hall–Kier alpha value is -2.24. The van der Waals surface area contributed by atoms with Gasteiger partial charge in [0.2, 0.25) is 0 Å². The maximum atomic E-state index is 12.8. The number of carbonyl (C=O) groups is 1. The highest BCUT2D eigenvalue weighted by Crippen LogP contribution is 2.27. The van der Waals surface area contributed by atoms with Crippen molar-refractivity contribution < 1.29 is 4.79 Å². The van der Waals surface area contributed by atoms with Crippen molar-refractivity contribution in [3.63, 3.8) is 0 Å². The number of carbonyl (C=O) groups excluding carboxylic acids is 1. The minimum atomic E-state index is -0.0117. The second-order valence-electron chi connectivity index (χ2n) is 6.45. The summed E-state index contributed by atoms with van der Waals surface area (Å²) in [6, 6.07) is 13.8. The molecule has 4 rings (SSSR count). The van der Waals surface area contributed by atoms with Crippen molar-refractivity contribution in [1.82, 2.24) is 15.6 Å². The zero-order valence-electron chi connectivity index (χ0n) is 14.0. The maximum Gasteiger partial charge on any atom is 0.252 e. The normalized spacial score (nSPS) is 17.0. The van der Waals surface area contributed by atoms with Crippen LogP contribution in [0.2, 0.25) is 0 Å². The Morgan fingerprint density at radius 3 is 3.00 bits per heavy atom. The van der Waals surface area contributed by atoms with Crippen LogP contribution in [0.4, 0.5) is 0 Å². The minimum Gasteiger partial charge on any atom is -0.352 e. The fourth-order valence-electron chi connectivity index (χ4n) is 3.36. The Kier molecular flexibility index (Phi) is 4.76. The topological polar surface area (TPSA) is 54.0 Å². The van der Waals surface area contributed by atoms with Crippen molar-refractivity contribution in [1.29, 1.82) is 0 Å². The van der Waals surface area contributed by atoms with Crippen molar-refractivity contribution in [3.05, 3.63) is 53.4 Å². The summed E-state index contributed by atoms with van der Waals surface area (Å²) in [4.78, 5) is 18.6. The number of hydrogen-bond acceptors (Lipinski definition) is 4. The van der Waals surface area contributed by atoms with Gasteiger partial charge >= 0.3 is 0 Å². The number of amides is 1. The molecular formula is C20H21N3OS. The van der Waals surface area contributed by atoms with E-state index in [-0.39, 0.29) is 5.91 Å². The number of fused-ring (bicyclic) bond motifs is 1. The van der Waals surface area contributed by atoms with E-state index in [2.05, 4.69) is 10.6 Å². The van der Waals surface area contributed by atoms with Gasteiger partial charge in [0.1, 0.15) is 0 Å². The molecule has 4 nitrogen and oxygen atoms in total. The Labute approximate surface area is 151 Å². The van der Waals surface area contributed by atoms with E-state index in [1.165, 1.54) is 6.42 Å². The molecule has 1 saturated heterocycles. The Morgan fingerprint density at radius 1 is 1.28 bits per heavy atom. The van der Waals surface area contributed by atoms with E-state index < -0.39 is 0 Å². The third kappa shape index (κ3) is 3.57. The fourth-order valence-corrected chi connectivity index (χ4v) is 4.05. The lowest BCUT2D eigenvalue weighted by Gasteiger charge is -2.12. The third-order valence-electron chi connectivity index (χ3n) is 4.73. The van der Waals surface area contributed by atoms with Gasteiger partial charge < -0.3 is 10.6 Å². The van der Waals surface area contributed by atoms with Crippen molar-refractivity contribution >= 4 is 28.1 Å². The van der Waals surface area contributed by atoms with Crippen LogP contribution >= 0.6 is 11.3 Å². The second-order valence-corrected chi connectivity index (χ2v) is 7.40. The van der Waals surface area contributed by atoms with Crippen LogP contribution < -0.4 is 10.6 Å². The predicted molar refractivity (Wildman–Crippen MR) is 103 cm³/mol. The molecular weight excluding hydrogens is 330 g/mol. The van der Waals surface area contributed by atoms with Crippen LogP contribution in [0.3, 0.4) is 0 Å². The summed E-state index contributed by atoms with van der Waals surface area (Å²) in [5.74, 6) is 0.665. The SMILES string of the molecule is O=C(NCCC1CCNC1)c1cc(-c2cccs2)nc2ccccc12. The van der Waals surface area contributed by atoms with E-state index in [0.717, 1.165) is 47.5 Å². The predicted octanol–water partition coefficient (Wildman–Crippen LogP) is 3.69. The molecule has 128 valence electrons. The average molecular weight is 351 g/mol. The van der Waals surface area contributed by atoms with Gasteiger partial charge in [0.05, 0.1) is 21.7 Å². The number of para-hydroxylation sites is 1. The lowest BCUT2D eigenvalue weighted by atomic mass is 10.0. The van der Waals surface area contributed by atoms with Crippen LogP contribution in [0.15, 0.2) is 47.8 Å². The molecule has 0 spiro atoms. The molecule has 1 atom stereocenters. The molecule has 1 aliphatic rings. The van der Waals surface area contributed by atoms with E-state index in [1.54, 1.807) is 11.3 Å². The molecule has 3 heterocycles. The van der Waals surface area contributed by atoms with Gasteiger partial charge in [-0.25, -0.2) is 4.98 Å². The van der Waals surface area contributed by atoms with Gasteiger partial charge in [-0.05, 0) is 55.4 Å². The smallest absolute Gasteiger partial charge is 0.252 e. The largest absolute Gasteiger partial charge is 0.352 e. The maximum absolute atomic E-state index is 12.8. The van der Waals surface area contributed by atoms with Crippen molar-refractivity contribution in [2.24, 2.45) is 5.92 Å². The number of nitrogens with one attached hydrogen (secondary N) is 2. The summed E-state index contributed by atoms with van der Waals surface area (Å²) >= 11 is 1.64. The second kappa shape index (κ2) is 7.33. The van der Waals surface area contributed by atoms with Gasteiger partial charge in [0.25, 0.3) is 5.91 Å². The fraction of sp³-hybridized carbons (Fsp3) is 0.300. The molecule has 1 unspecified atom stereocenters. The molecule has 25 heavy (non-hydrogen) atoms. The van der Waals surface area contributed by atoms with Gasteiger partial charge in [-0.1, -0.05) is 24.3 Å². The Bertz CT molecular complexity index is 870. The molecule has 0 bridgehead atoms. The highest BCUT2D eigenvalue weighted by atomic mass is 32.1. The van der Waals surface area contributed by atoms with Gasteiger partial charge in [0.15, 0.2) is 0 Å². The van der Waals surface area contributed by atoms with Gasteiger partial charge in [-0.2, -0.15) is 0 Å². The summed E-state index contributed by atoms with van der Waals surface area (Å²) in [5.41, 5.74) is 2.43. The molecule has 1 fully saturated rings. The molecule has 0 radical (unpaired) electrons. The van der Waals surface area contributed by atoms with Crippen LogP contribution in [-0.4, -0.2) is 30.5 Å². The van der Waals surface area contributed by atoms with Crippen LogP contribution in [0.25, 0.3) is 21.5 Å². The molecule has 1 aliphatic heterocycles. The standard InChI is InChI=1S/C20H21N3OS/c24-20(22-10-8-14-7-9-21-13-14)16-12-18(19-6-3-11-25-19)23-17-5-2-1-4-15(16)17/h1-6,11-12,14,21H,7-10,13H2,(H,22,24). The summed E-state index contributed by atoms with van der Waals surface area (Å²) in [7, 11) is 0. The quantitative estimate of drug-likeness (QED) is 0.737. The average Bonchev–Trinajstić information content (AvgIpc) is 3.34. The lowest BCUT2D eigenvalue weighted by molar-refractivity contribution is 0.0953. The van der Waals surface area contributed by atoms with Crippen LogP contribution in [0, 0.1) is 5.92 Å². The highest BCUT2D eigenvalue weighted by molar-refractivity contribution is 7.13. The van der Waals surface area contributed by atoms with Crippen molar-refractivity contribution in [2.75, 3.05) is 19.6 Å². The Morgan fingerprint density at radius 2 is 2.20 bits per heavy atom. The first-order chi connectivity index (χ1) is 12.3. The van der Waals surface area contributed by atoms with Crippen molar-refractivity contribution in [2.45, 2.75) is 12.8 Å². The van der Waals surface area contributed by atoms with E-state index in [4.69, 9.17) is 4.98 Å². The van der Waals surface area contributed by atoms with Gasteiger partial charge in [-0.15, -0.1) is 11.3 Å². The van der Waals surface area contributed by atoms with E-state index in [9.17, 15) is 4.79 Å². The van der Waals surface area contributed by atoms with Crippen LogP contribution in [-0.2, 0) is 0 Å². The van der Waals surface area contributed by atoms with E-state index in [0.29, 0.717) is 11.5 Å². The first-order valence-corrected chi connectivity index (χ1v) is 9.62. The molecule has 5 heteroatoms. The molecule has 1 amide bonds. The van der Waals surface area contributed by atoms with Crippen molar-refractivity contribution in [3.8, 4) is 10.6 Å². The van der Waals surface area contributed by atoms with E-state index >= 15 is 0 Å². The number of nitrogens with zero attached hydrogens (tertiary/aromatic N) is 1. The molecule has 0 saturated carbocycles. The molecule has 2 N–H and O–H groups in total. The molecule has 0 aliphatic carbocycles. The number of thiophene rings is 1. The summed E-state index contributed by atoms with van der Waals surface area (Å²) in [5, 5.41) is 9.40. The number of hydrogen-bond donors (Lipinski definition) is 2. The third-order valence-corrected chi connectivity index (χ3v) is 5.63. The number of pyridine rings is 1. The first kappa shape index (κ1) is 16.2. The minimum absolute atomic E-state index is 0.0117. The number of benzene rings is 1. The first-order valence-electron chi connectivity index (χ1n) is 8.74. The van der Waals surface area contributed by atoms with E-state index in [1.807, 2.05) is 47.8 Å². The zero-order valence-corrected chi connectivity index (χ0v) is 14.8. The number of rotatable bonds is 5. The lowest BCUT2D eigenvalue weighted by Crippen LogP contribution is -2.26. The van der Waals surface area contributed by atoms with Gasteiger partial charge in [0, 0.05) is 11.9 Å². The molecule has 2 aromatic heterocycles. The van der Waals surface area contributed by atoms with Gasteiger partial charge in [-0.3, -0.25) is 4.79 Å². The molecule has 1 aromatic carbocycles. The molecule has 3 aromatic rings. The summed E-state index contributed by atoms with van der Waals surface area (Å²) in [6.07, 6.45) is 2.23. The Balaban J connectivity index is 1.59. The number of aromatic nitrogens is 1. The van der Waals surface area contributed by atoms with Crippen LogP contribution in [0.1, 0.15) is 23.2 Å². The zero-order chi connectivity index (χ0) is 17.1. The van der Waals surface area contributed by atoms with Crippen LogP contribution in [0.5, 0.6) is 0 Å².